The Kier molecular flexibility index (Phi) is 2.39. The molecule has 16 heavy (non-hydrogen) atoms. The summed E-state index contributed by atoms with van der Waals surface area (Å²) in [7, 11) is 0. The highest BCUT2D eigenvalue weighted by Crippen LogP contribution is 2.44. The van der Waals surface area contributed by atoms with Gasteiger partial charge in [0.25, 0.3) is 5.91 Å². The maximum Gasteiger partial charge on any atom is 0.263 e. The van der Waals surface area contributed by atoms with Crippen LogP contribution in [0.3, 0.4) is 0 Å². The lowest BCUT2D eigenvalue weighted by molar-refractivity contribution is 0.0931. The van der Waals surface area contributed by atoms with Crippen LogP contribution in [0.25, 0.3) is 0 Å². The van der Waals surface area contributed by atoms with Crippen molar-refractivity contribution >= 4 is 22.9 Å². The third-order valence-electron chi connectivity index (χ3n) is 3.46. The highest BCUT2D eigenvalue weighted by Gasteiger charge is 2.42. The molecule has 1 aromatic rings. The van der Waals surface area contributed by atoms with Gasteiger partial charge in [-0.2, -0.15) is 0 Å². The predicted octanol–water partition coefficient (Wildman–Crippen LogP) is 2.25. The summed E-state index contributed by atoms with van der Waals surface area (Å²) in [5.74, 6) is 1.49. The van der Waals surface area contributed by atoms with E-state index in [0.717, 1.165) is 11.8 Å². The minimum Gasteiger partial charge on any atom is -0.397 e. The van der Waals surface area contributed by atoms with E-state index in [0.29, 0.717) is 16.6 Å². The average molecular weight is 236 g/mol. The topological polar surface area (TPSA) is 55.1 Å². The van der Waals surface area contributed by atoms with Gasteiger partial charge < -0.3 is 11.1 Å². The summed E-state index contributed by atoms with van der Waals surface area (Å²) in [5.41, 5.74) is 6.35. The summed E-state index contributed by atoms with van der Waals surface area (Å²) < 4.78 is 0. The zero-order valence-electron chi connectivity index (χ0n) is 9.11. The number of nitrogens with two attached hydrogens (primary N) is 1. The number of hydrogen-bond donors (Lipinski definition) is 2. The summed E-state index contributed by atoms with van der Waals surface area (Å²) in [4.78, 5) is 12.7. The quantitative estimate of drug-likeness (QED) is 0.842. The lowest BCUT2D eigenvalue weighted by Crippen LogP contribution is -2.37. The van der Waals surface area contributed by atoms with E-state index >= 15 is 0 Å². The molecule has 3 nitrogen and oxygen atoms in total. The number of rotatable bonds is 4. The molecule has 0 unspecified atom stereocenters. The van der Waals surface area contributed by atoms with Crippen LogP contribution in [-0.2, 0) is 0 Å². The van der Waals surface area contributed by atoms with Gasteiger partial charge in [-0.15, -0.1) is 11.3 Å². The molecule has 0 atom stereocenters. The van der Waals surface area contributed by atoms with Gasteiger partial charge in [0.15, 0.2) is 0 Å². The maximum absolute atomic E-state index is 12.0. The lowest BCUT2D eigenvalue weighted by atomic mass is 10.1. The second kappa shape index (κ2) is 3.77. The summed E-state index contributed by atoms with van der Waals surface area (Å²) in [5, 5.41) is 5.04. The van der Waals surface area contributed by atoms with Crippen LogP contribution in [0.4, 0.5) is 5.69 Å². The van der Waals surface area contributed by atoms with Crippen molar-refractivity contribution in [1.82, 2.24) is 5.32 Å². The van der Waals surface area contributed by atoms with Gasteiger partial charge in [0, 0.05) is 6.04 Å². The van der Waals surface area contributed by atoms with Crippen LogP contribution >= 0.6 is 11.3 Å². The molecular weight excluding hydrogens is 220 g/mol. The van der Waals surface area contributed by atoms with Crippen molar-refractivity contribution in [2.45, 2.75) is 31.7 Å². The van der Waals surface area contributed by atoms with Gasteiger partial charge in [-0.25, -0.2) is 0 Å². The Morgan fingerprint density at radius 1 is 1.38 bits per heavy atom. The summed E-state index contributed by atoms with van der Waals surface area (Å²) in [6.45, 7) is 0. The van der Waals surface area contributed by atoms with Crippen molar-refractivity contribution in [2.24, 2.45) is 11.8 Å². The van der Waals surface area contributed by atoms with Crippen LogP contribution < -0.4 is 11.1 Å². The molecule has 3 N–H and O–H groups in total. The van der Waals surface area contributed by atoms with E-state index in [-0.39, 0.29) is 5.91 Å². The van der Waals surface area contributed by atoms with Gasteiger partial charge in [0.1, 0.15) is 4.88 Å². The Balaban J connectivity index is 1.69. The highest BCUT2D eigenvalue weighted by atomic mass is 32.1. The van der Waals surface area contributed by atoms with Crippen molar-refractivity contribution in [2.75, 3.05) is 5.73 Å². The SMILES string of the molecule is Nc1ccsc1C(=O)NC(C1CC1)C1CC1. The number of thiophene rings is 1. The molecule has 0 saturated heterocycles. The van der Waals surface area contributed by atoms with Crippen LogP contribution in [-0.4, -0.2) is 11.9 Å². The van der Waals surface area contributed by atoms with Gasteiger partial charge in [-0.3, -0.25) is 4.79 Å². The maximum atomic E-state index is 12.0. The number of nitrogen functional groups attached to an aromatic ring is 1. The first-order valence-corrected chi connectivity index (χ1v) is 6.77. The van der Waals surface area contributed by atoms with Gasteiger partial charge in [-0.1, -0.05) is 0 Å². The zero-order valence-corrected chi connectivity index (χ0v) is 9.93. The molecule has 0 spiro atoms. The van der Waals surface area contributed by atoms with Crippen molar-refractivity contribution in [1.29, 1.82) is 0 Å². The van der Waals surface area contributed by atoms with Gasteiger partial charge in [-0.05, 0) is 49.0 Å². The number of anilines is 1. The van der Waals surface area contributed by atoms with Crippen molar-refractivity contribution in [3.05, 3.63) is 16.3 Å². The minimum atomic E-state index is 0.0244. The molecule has 2 saturated carbocycles. The van der Waals surface area contributed by atoms with E-state index in [1.807, 2.05) is 5.38 Å². The molecule has 4 heteroatoms. The monoisotopic (exact) mass is 236 g/mol. The third kappa shape index (κ3) is 1.94. The number of hydrogen-bond acceptors (Lipinski definition) is 3. The van der Waals surface area contributed by atoms with Crippen molar-refractivity contribution < 1.29 is 4.79 Å². The first-order chi connectivity index (χ1) is 7.75. The van der Waals surface area contributed by atoms with E-state index in [4.69, 9.17) is 5.73 Å². The first kappa shape index (κ1) is 10.1. The van der Waals surface area contributed by atoms with Crippen LogP contribution in [0.1, 0.15) is 35.4 Å². The molecule has 0 aliphatic heterocycles. The molecule has 2 aliphatic carbocycles. The fourth-order valence-electron chi connectivity index (χ4n) is 2.25. The molecule has 86 valence electrons. The Bertz CT molecular complexity index is 395. The molecule has 0 aromatic carbocycles. The third-order valence-corrected chi connectivity index (χ3v) is 4.39. The Labute approximate surface area is 99.0 Å². The summed E-state index contributed by atoms with van der Waals surface area (Å²) >= 11 is 1.43. The summed E-state index contributed by atoms with van der Waals surface area (Å²) in [6.07, 6.45) is 5.12. The molecule has 2 fully saturated rings. The van der Waals surface area contributed by atoms with Gasteiger partial charge >= 0.3 is 0 Å². The van der Waals surface area contributed by atoms with E-state index in [2.05, 4.69) is 5.32 Å². The van der Waals surface area contributed by atoms with Crippen molar-refractivity contribution in [3.8, 4) is 0 Å². The fraction of sp³-hybridized carbons (Fsp3) is 0.583. The largest absolute Gasteiger partial charge is 0.397 e. The second-order valence-electron chi connectivity index (χ2n) is 4.88. The molecule has 0 radical (unpaired) electrons. The molecule has 3 rings (SSSR count). The molecule has 1 aromatic heterocycles. The Morgan fingerprint density at radius 3 is 2.44 bits per heavy atom. The zero-order chi connectivity index (χ0) is 11.1. The fourth-order valence-corrected chi connectivity index (χ4v) is 2.97. The van der Waals surface area contributed by atoms with Gasteiger partial charge in [0.2, 0.25) is 0 Å². The Hall–Kier alpha value is -1.03. The molecule has 0 bridgehead atoms. The van der Waals surface area contributed by atoms with Crippen LogP contribution in [0.15, 0.2) is 11.4 Å². The minimum absolute atomic E-state index is 0.0244. The standard InChI is InChI=1S/C12H16N2OS/c13-9-5-6-16-11(9)12(15)14-10(7-1-2-7)8-3-4-8/h5-8,10H,1-4,13H2,(H,14,15). The van der Waals surface area contributed by atoms with E-state index < -0.39 is 0 Å². The molecular formula is C12H16N2OS. The van der Waals surface area contributed by atoms with Gasteiger partial charge in [0.05, 0.1) is 5.69 Å². The number of carbonyl (C=O) groups is 1. The highest BCUT2D eigenvalue weighted by molar-refractivity contribution is 7.12. The van der Waals surface area contributed by atoms with E-state index in [1.165, 1.54) is 37.0 Å². The molecule has 1 heterocycles. The van der Waals surface area contributed by atoms with E-state index in [1.54, 1.807) is 6.07 Å². The molecule has 1 amide bonds. The Morgan fingerprint density at radius 2 is 2.00 bits per heavy atom. The number of carbonyl (C=O) groups excluding carboxylic acids is 1. The summed E-state index contributed by atoms with van der Waals surface area (Å²) in [6, 6.07) is 2.21. The number of amides is 1. The van der Waals surface area contributed by atoms with Crippen LogP contribution in [0, 0.1) is 11.8 Å². The first-order valence-electron chi connectivity index (χ1n) is 5.89. The molecule has 2 aliphatic rings. The lowest BCUT2D eigenvalue weighted by Gasteiger charge is -2.17. The smallest absolute Gasteiger partial charge is 0.263 e. The van der Waals surface area contributed by atoms with Crippen LogP contribution in [0.2, 0.25) is 0 Å². The predicted molar refractivity (Wildman–Crippen MR) is 65.4 cm³/mol. The second-order valence-corrected chi connectivity index (χ2v) is 5.80. The van der Waals surface area contributed by atoms with Crippen LogP contribution in [0.5, 0.6) is 0 Å². The normalized spacial score (nSPS) is 20.1. The van der Waals surface area contributed by atoms with E-state index in [9.17, 15) is 4.79 Å². The van der Waals surface area contributed by atoms with Crippen molar-refractivity contribution in [3.63, 3.8) is 0 Å². The number of nitrogens with one attached hydrogen (secondary N) is 1. The average Bonchev–Trinajstić information content (AvgIpc) is 3.14.